The Kier molecular flexibility index (Phi) is 3.79. The van der Waals surface area contributed by atoms with E-state index >= 15 is 0 Å². The Hall–Kier alpha value is -2.37. The zero-order chi connectivity index (χ0) is 13.8. The van der Waals surface area contributed by atoms with E-state index in [-0.39, 0.29) is 11.6 Å². The second kappa shape index (κ2) is 5.51. The number of hydrogen-bond acceptors (Lipinski definition) is 3. The highest BCUT2D eigenvalue weighted by atomic mass is 16.5. The lowest BCUT2D eigenvalue weighted by Gasteiger charge is -2.14. The second-order valence-electron chi connectivity index (χ2n) is 3.98. The number of carbonyl (C=O) groups excluding carboxylic acids is 1. The van der Waals surface area contributed by atoms with Crippen LogP contribution in [0.15, 0.2) is 39.6 Å². The fourth-order valence-electron chi connectivity index (χ4n) is 1.87. The predicted molar refractivity (Wildman–Crippen MR) is 68.1 cm³/mol. The molecule has 2 rings (SSSR count). The third-order valence-electron chi connectivity index (χ3n) is 2.91. The first-order chi connectivity index (χ1) is 9.19. The van der Waals surface area contributed by atoms with Crippen LogP contribution in [0.1, 0.15) is 24.3 Å². The Bertz CT molecular complexity index is 612. The van der Waals surface area contributed by atoms with E-state index in [4.69, 9.17) is 4.52 Å². The molecule has 0 saturated heterocycles. The molecule has 0 aliphatic carbocycles. The third kappa shape index (κ3) is 2.42. The van der Waals surface area contributed by atoms with E-state index in [1.54, 1.807) is 17.0 Å². The van der Waals surface area contributed by atoms with Gasteiger partial charge in [-0.25, -0.2) is 4.79 Å². The lowest BCUT2D eigenvalue weighted by molar-refractivity contribution is -0.672. The number of H-pyrrole nitrogens is 1. The Labute approximate surface area is 110 Å². The fraction of sp³-hybridized carbons (Fsp3) is 0.308. The molecule has 6 nitrogen and oxygen atoms in total. The number of carbonyl (C=O) groups is 1. The lowest BCUT2D eigenvalue weighted by atomic mass is 10.3. The number of amides is 1. The molecule has 1 heterocycles. The molecule has 2 aromatic rings. The maximum atomic E-state index is 12.3. The summed E-state index contributed by atoms with van der Waals surface area (Å²) in [4.78, 5) is 25.6. The van der Waals surface area contributed by atoms with E-state index < -0.39 is 5.63 Å². The minimum Gasteiger partial charge on any atom is -0.334 e. The molecule has 0 spiro atoms. The van der Waals surface area contributed by atoms with Gasteiger partial charge in [-0.15, -0.1) is 0 Å². The summed E-state index contributed by atoms with van der Waals surface area (Å²) < 4.78 is 6.11. The minimum absolute atomic E-state index is 0.0186. The standard InChI is InChI=1S/C13H15N3O3/c1-3-15(4-2)12(17)11-13(18)19-14-16(11)10-8-6-5-7-9-10/h5-9H,3-4H2,1-2H3/p+1. The van der Waals surface area contributed by atoms with Crippen molar-refractivity contribution >= 4 is 5.91 Å². The van der Waals surface area contributed by atoms with Gasteiger partial charge in [0.05, 0.1) is 0 Å². The van der Waals surface area contributed by atoms with E-state index in [2.05, 4.69) is 5.27 Å². The van der Waals surface area contributed by atoms with Crippen LogP contribution in [-0.2, 0) is 0 Å². The molecule has 0 fully saturated rings. The Morgan fingerprint density at radius 2 is 1.89 bits per heavy atom. The number of benzene rings is 1. The SMILES string of the molecule is CCN(CC)C(=O)c1c(=O)o[nH][n+]1-c1ccccc1. The summed E-state index contributed by atoms with van der Waals surface area (Å²) in [6, 6.07) is 9.06. The molecule has 0 radical (unpaired) electrons. The van der Waals surface area contributed by atoms with Gasteiger partial charge in [0.15, 0.2) is 0 Å². The van der Waals surface area contributed by atoms with Gasteiger partial charge in [-0.05, 0) is 23.8 Å². The zero-order valence-corrected chi connectivity index (χ0v) is 10.9. The van der Waals surface area contributed by atoms with Crippen LogP contribution in [0.3, 0.4) is 0 Å². The minimum atomic E-state index is -0.666. The lowest BCUT2D eigenvalue weighted by Crippen LogP contribution is -2.46. The van der Waals surface area contributed by atoms with Crippen molar-refractivity contribution in [2.75, 3.05) is 13.1 Å². The van der Waals surface area contributed by atoms with Gasteiger partial charge in [0.25, 0.3) is 0 Å². The number of aromatic nitrogens is 2. The molecule has 0 atom stereocenters. The first-order valence-electron chi connectivity index (χ1n) is 6.17. The van der Waals surface area contributed by atoms with Crippen LogP contribution in [0, 0.1) is 0 Å². The van der Waals surface area contributed by atoms with Gasteiger partial charge in [-0.1, -0.05) is 18.2 Å². The van der Waals surface area contributed by atoms with Gasteiger partial charge < -0.3 is 4.90 Å². The number of nitrogens with one attached hydrogen (secondary N) is 1. The summed E-state index contributed by atoms with van der Waals surface area (Å²) in [5.74, 6) is -0.344. The summed E-state index contributed by atoms with van der Waals surface area (Å²) in [5.41, 5.74) is -0.0143. The highest BCUT2D eigenvalue weighted by Gasteiger charge is 2.33. The van der Waals surface area contributed by atoms with E-state index in [0.717, 1.165) is 0 Å². The first-order valence-corrected chi connectivity index (χ1v) is 6.17. The number of aromatic amines is 1. The van der Waals surface area contributed by atoms with Crippen LogP contribution in [0.4, 0.5) is 0 Å². The molecular weight excluding hydrogens is 246 g/mol. The highest BCUT2D eigenvalue weighted by Crippen LogP contribution is 2.01. The van der Waals surface area contributed by atoms with Crippen molar-refractivity contribution in [3.05, 3.63) is 46.4 Å². The van der Waals surface area contributed by atoms with Crippen molar-refractivity contribution in [3.8, 4) is 5.69 Å². The van der Waals surface area contributed by atoms with Gasteiger partial charge in [0.2, 0.25) is 5.69 Å². The fourth-order valence-corrected chi connectivity index (χ4v) is 1.87. The maximum Gasteiger partial charge on any atom is 0.441 e. The molecule has 0 saturated carbocycles. The molecule has 1 N–H and O–H groups in total. The number of para-hydroxylation sites is 1. The summed E-state index contributed by atoms with van der Waals surface area (Å²) >= 11 is 0. The smallest absolute Gasteiger partial charge is 0.334 e. The van der Waals surface area contributed by atoms with Gasteiger partial charge >= 0.3 is 17.2 Å². The van der Waals surface area contributed by atoms with Crippen LogP contribution < -0.4 is 10.3 Å². The van der Waals surface area contributed by atoms with Crippen LogP contribution in [0.2, 0.25) is 0 Å². The van der Waals surface area contributed by atoms with Crippen molar-refractivity contribution in [2.24, 2.45) is 0 Å². The number of hydrogen-bond donors (Lipinski definition) is 1. The van der Waals surface area contributed by atoms with Gasteiger partial charge in [0, 0.05) is 25.2 Å². The Morgan fingerprint density at radius 1 is 1.26 bits per heavy atom. The topological polar surface area (TPSA) is 70.2 Å². The van der Waals surface area contributed by atoms with Crippen molar-refractivity contribution in [2.45, 2.75) is 13.8 Å². The largest absolute Gasteiger partial charge is 0.441 e. The molecule has 1 amide bonds. The van der Waals surface area contributed by atoms with Gasteiger partial charge in [-0.3, -0.25) is 9.32 Å². The van der Waals surface area contributed by atoms with E-state index in [0.29, 0.717) is 18.8 Å². The van der Waals surface area contributed by atoms with Crippen molar-refractivity contribution in [1.29, 1.82) is 0 Å². The number of rotatable bonds is 4. The average Bonchev–Trinajstić information content (AvgIpc) is 2.83. The molecule has 6 heteroatoms. The van der Waals surface area contributed by atoms with Crippen LogP contribution in [0.25, 0.3) is 5.69 Å². The molecule has 1 aromatic heterocycles. The molecule has 19 heavy (non-hydrogen) atoms. The molecule has 0 aliphatic rings. The summed E-state index contributed by atoms with van der Waals surface area (Å²) in [5, 5.41) is 2.46. The van der Waals surface area contributed by atoms with Gasteiger partial charge in [0.1, 0.15) is 0 Å². The highest BCUT2D eigenvalue weighted by molar-refractivity contribution is 5.90. The van der Waals surface area contributed by atoms with Gasteiger partial charge in [-0.2, -0.15) is 0 Å². The van der Waals surface area contributed by atoms with Crippen molar-refractivity contribution in [1.82, 2.24) is 10.2 Å². The predicted octanol–water partition coefficient (Wildman–Crippen LogP) is 0.727. The average molecular weight is 262 g/mol. The van der Waals surface area contributed by atoms with E-state index in [9.17, 15) is 9.59 Å². The quantitative estimate of drug-likeness (QED) is 0.826. The van der Waals surface area contributed by atoms with E-state index in [1.165, 1.54) is 4.68 Å². The van der Waals surface area contributed by atoms with Crippen LogP contribution in [0.5, 0.6) is 0 Å². The normalized spacial score (nSPS) is 10.4. The molecule has 0 aliphatic heterocycles. The summed E-state index contributed by atoms with van der Waals surface area (Å²) in [6.45, 7) is 4.80. The first kappa shape index (κ1) is 13.1. The molecule has 0 bridgehead atoms. The summed E-state index contributed by atoms with van der Waals surface area (Å²) in [7, 11) is 0. The molecule has 1 aromatic carbocycles. The second-order valence-corrected chi connectivity index (χ2v) is 3.98. The van der Waals surface area contributed by atoms with Crippen molar-refractivity contribution < 1.29 is 14.0 Å². The molecular formula is C13H16N3O3+. The molecule has 100 valence electrons. The Balaban J connectivity index is 2.50. The summed E-state index contributed by atoms with van der Waals surface area (Å²) in [6.07, 6.45) is 0. The zero-order valence-electron chi connectivity index (χ0n) is 10.9. The third-order valence-corrected chi connectivity index (χ3v) is 2.91. The van der Waals surface area contributed by atoms with Crippen LogP contribution in [-0.4, -0.2) is 29.2 Å². The van der Waals surface area contributed by atoms with Crippen molar-refractivity contribution in [3.63, 3.8) is 0 Å². The Morgan fingerprint density at radius 3 is 2.47 bits per heavy atom. The number of nitrogens with zero attached hydrogens (tertiary/aromatic N) is 2. The monoisotopic (exact) mass is 262 g/mol. The molecule has 0 unspecified atom stereocenters. The van der Waals surface area contributed by atoms with E-state index in [1.807, 2.05) is 32.0 Å². The van der Waals surface area contributed by atoms with Crippen LogP contribution >= 0.6 is 0 Å². The maximum absolute atomic E-state index is 12.3.